The molecule has 0 atom stereocenters. The van der Waals surface area contributed by atoms with Crippen LogP contribution in [0.25, 0.3) is 17.0 Å². The second-order valence-corrected chi connectivity index (χ2v) is 7.85. The Hall–Kier alpha value is -4.79. The predicted octanol–water partition coefficient (Wildman–Crippen LogP) is 4.44. The van der Waals surface area contributed by atoms with Gasteiger partial charge in [0.25, 0.3) is 0 Å². The van der Waals surface area contributed by atoms with E-state index in [0.717, 1.165) is 4.68 Å². The number of hydrogen-bond donors (Lipinski definition) is 1. The molecular formula is C26H20FN5O3. The van der Waals surface area contributed by atoms with Gasteiger partial charge in [0.05, 0.1) is 0 Å². The molecule has 0 fully saturated rings. The summed E-state index contributed by atoms with van der Waals surface area (Å²) in [4.78, 5) is 30.1. The van der Waals surface area contributed by atoms with E-state index in [4.69, 9.17) is 4.74 Å². The number of nitrogens with one attached hydrogen (secondary N) is 1. The first-order chi connectivity index (χ1) is 17.0. The number of hydrogen-bond acceptors (Lipinski definition) is 5. The number of fused-ring (bicyclic) bond motifs is 1. The van der Waals surface area contributed by atoms with Crippen LogP contribution in [0.1, 0.15) is 5.69 Å². The fraction of sp³-hybridized carbons (Fsp3) is 0.0769. The third kappa shape index (κ3) is 4.79. The number of carbonyl (C=O) groups is 1. The van der Waals surface area contributed by atoms with Gasteiger partial charge < -0.3 is 10.1 Å². The Kier molecular flexibility index (Phi) is 5.80. The van der Waals surface area contributed by atoms with E-state index in [-0.39, 0.29) is 6.54 Å². The van der Waals surface area contributed by atoms with Gasteiger partial charge in [-0.1, -0.05) is 18.2 Å². The van der Waals surface area contributed by atoms with Gasteiger partial charge in [0.15, 0.2) is 5.65 Å². The van der Waals surface area contributed by atoms with E-state index >= 15 is 0 Å². The highest BCUT2D eigenvalue weighted by Gasteiger charge is 2.16. The number of para-hydroxylation sites is 1. The molecule has 0 saturated heterocycles. The maximum absolute atomic E-state index is 13.4. The van der Waals surface area contributed by atoms with Crippen LogP contribution in [0, 0.1) is 12.7 Å². The Labute approximate surface area is 199 Å². The molecule has 0 radical (unpaired) electrons. The number of ether oxygens (including phenoxy) is 1. The largest absolute Gasteiger partial charge is 0.457 e. The first kappa shape index (κ1) is 22.0. The van der Waals surface area contributed by atoms with Gasteiger partial charge in [-0.05, 0) is 67.6 Å². The molecule has 35 heavy (non-hydrogen) atoms. The molecule has 0 aliphatic carbocycles. The van der Waals surface area contributed by atoms with Crippen LogP contribution in [0.15, 0.2) is 89.7 Å². The summed E-state index contributed by atoms with van der Waals surface area (Å²) in [6, 6.07) is 23.6. The summed E-state index contributed by atoms with van der Waals surface area (Å²) in [5, 5.41) is 7.05. The zero-order valence-electron chi connectivity index (χ0n) is 18.7. The second kappa shape index (κ2) is 9.22. The molecule has 8 nitrogen and oxygen atoms in total. The molecule has 1 amide bonds. The van der Waals surface area contributed by atoms with Crippen LogP contribution in [0.5, 0.6) is 11.5 Å². The van der Waals surface area contributed by atoms with Gasteiger partial charge in [0, 0.05) is 23.0 Å². The lowest BCUT2D eigenvalue weighted by Gasteiger charge is -2.08. The molecule has 1 N–H and O–H groups in total. The predicted molar refractivity (Wildman–Crippen MR) is 129 cm³/mol. The molecule has 0 aliphatic heterocycles. The number of rotatable bonds is 6. The molecular weight excluding hydrogens is 449 g/mol. The van der Waals surface area contributed by atoms with Crippen molar-refractivity contribution in [3.05, 3.63) is 107 Å². The normalized spacial score (nSPS) is 10.9. The fourth-order valence-corrected chi connectivity index (χ4v) is 3.62. The van der Waals surface area contributed by atoms with Crippen molar-refractivity contribution in [3.8, 4) is 22.9 Å². The van der Waals surface area contributed by atoms with Gasteiger partial charge in [-0.25, -0.2) is 23.3 Å². The summed E-state index contributed by atoms with van der Waals surface area (Å²) in [5.41, 5.74) is 1.57. The molecule has 5 rings (SSSR count). The van der Waals surface area contributed by atoms with Gasteiger partial charge in [-0.15, -0.1) is 5.10 Å². The maximum Gasteiger partial charge on any atom is 0.352 e. The highest BCUT2D eigenvalue weighted by atomic mass is 19.1. The molecule has 3 aromatic carbocycles. The number of anilines is 1. The lowest BCUT2D eigenvalue weighted by Crippen LogP contribution is -2.28. The summed E-state index contributed by atoms with van der Waals surface area (Å²) in [6.45, 7) is 1.49. The van der Waals surface area contributed by atoms with Gasteiger partial charge in [0.1, 0.15) is 29.7 Å². The molecule has 0 unspecified atom stereocenters. The van der Waals surface area contributed by atoms with Gasteiger partial charge in [-0.2, -0.15) is 0 Å². The SMILES string of the molecule is Cc1cc2nn(CC(=O)Nc3ccc(Oc4ccccc4)cc3)c(=O)n2c(-c2ccc(F)cc2)n1. The molecule has 0 saturated carbocycles. The van der Waals surface area contributed by atoms with Crippen molar-refractivity contribution in [2.75, 3.05) is 5.32 Å². The number of halogens is 1. The lowest BCUT2D eigenvalue weighted by atomic mass is 10.2. The monoisotopic (exact) mass is 469 g/mol. The third-order valence-corrected chi connectivity index (χ3v) is 5.21. The van der Waals surface area contributed by atoms with Crippen LogP contribution in [0.4, 0.5) is 10.1 Å². The van der Waals surface area contributed by atoms with E-state index in [2.05, 4.69) is 15.4 Å². The van der Waals surface area contributed by atoms with E-state index in [0.29, 0.717) is 39.9 Å². The average Bonchev–Trinajstić information content (AvgIpc) is 3.15. The minimum atomic E-state index is -0.520. The van der Waals surface area contributed by atoms with Gasteiger partial charge in [0.2, 0.25) is 5.91 Å². The summed E-state index contributed by atoms with van der Waals surface area (Å²) >= 11 is 0. The van der Waals surface area contributed by atoms with Crippen LogP contribution < -0.4 is 15.7 Å². The van der Waals surface area contributed by atoms with Crippen molar-refractivity contribution in [1.29, 1.82) is 0 Å². The molecule has 0 spiro atoms. The topological polar surface area (TPSA) is 90.5 Å². The van der Waals surface area contributed by atoms with E-state index in [9.17, 15) is 14.0 Å². The average molecular weight is 469 g/mol. The van der Waals surface area contributed by atoms with Crippen molar-refractivity contribution in [2.45, 2.75) is 13.5 Å². The van der Waals surface area contributed by atoms with E-state index in [1.807, 2.05) is 30.3 Å². The maximum atomic E-state index is 13.4. The highest BCUT2D eigenvalue weighted by Crippen LogP contribution is 2.23. The van der Waals surface area contributed by atoms with Crippen molar-refractivity contribution in [2.24, 2.45) is 0 Å². The Balaban J connectivity index is 1.34. The summed E-state index contributed by atoms with van der Waals surface area (Å²) in [6.07, 6.45) is 0. The minimum Gasteiger partial charge on any atom is -0.457 e. The van der Waals surface area contributed by atoms with E-state index < -0.39 is 17.4 Å². The van der Waals surface area contributed by atoms with Crippen LogP contribution >= 0.6 is 0 Å². The molecule has 0 aliphatic rings. The number of benzene rings is 3. The fourth-order valence-electron chi connectivity index (χ4n) is 3.62. The highest BCUT2D eigenvalue weighted by molar-refractivity contribution is 5.90. The van der Waals surface area contributed by atoms with Crippen molar-refractivity contribution < 1.29 is 13.9 Å². The molecule has 174 valence electrons. The quantitative estimate of drug-likeness (QED) is 0.397. The molecule has 2 heterocycles. The standard InChI is InChI=1S/C26H20FN5O3/c1-17-15-23-30-31(26(34)32(23)25(28-17)18-7-9-19(27)10-8-18)16-24(33)29-20-11-13-22(14-12-20)35-21-5-3-2-4-6-21/h2-15H,16H2,1H3,(H,29,33). The van der Waals surface area contributed by atoms with Crippen molar-refractivity contribution in [1.82, 2.24) is 19.2 Å². The van der Waals surface area contributed by atoms with E-state index in [1.54, 1.807) is 37.3 Å². The number of nitrogens with zero attached hydrogens (tertiary/aromatic N) is 4. The summed E-state index contributed by atoms with van der Waals surface area (Å²) < 4.78 is 21.5. The number of carbonyl (C=O) groups excluding carboxylic acids is 1. The third-order valence-electron chi connectivity index (χ3n) is 5.21. The zero-order valence-corrected chi connectivity index (χ0v) is 18.7. The van der Waals surface area contributed by atoms with Crippen molar-refractivity contribution in [3.63, 3.8) is 0 Å². The number of amides is 1. The number of aryl methyl sites for hydroxylation is 1. The smallest absolute Gasteiger partial charge is 0.352 e. The lowest BCUT2D eigenvalue weighted by molar-refractivity contribution is -0.117. The Bertz CT molecular complexity index is 1560. The molecule has 2 aromatic heterocycles. The summed E-state index contributed by atoms with van der Waals surface area (Å²) in [5.74, 6) is 0.852. The Morgan fingerprint density at radius 1 is 0.971 bits per heavy atom. The van der Waals surface area contributed by atoms with Gasteiger partial charge in [-0.3, -0.25) is 4.79 Å². The molecule has 9 heteroatoms. The van der Waals surface area contributed by atoms with Crippen LogP contribution in [-0.4, -0.2) is 25.1 Å². The molecule has 5 aromatic rings. The van der Waals surface area contributed by atoms with Gasteiger partial charge >= 0.3 is 5.69 Å². The Morgan fingerprint density at radius 2 is 1.66 bits per heavy atom. The van der Waals surface area contributed by atoms with E-state index in [1.165, 1.54) is 28.7 Å². The first-order valence-electron chi connectivity index (χ1n) is 10.8. The van der Waals surface area contributed by atoms with Crippen molar-refractivity contribution >= 4 is 17.2 Å². The van der Waals surface area contributed by atoms with Crippen LogP contribution in [0.3, 0.4) is 0 Å². The Morgan fingerprint density at radius 3 is 2.37 bits per heavy atom. The first-order valence-corrected chi connectivity index (χ1v) is 10.8. The van der Waals surface area contributed by atoms with Crippen LogP contribution in [-0.2, 0) is 11.3 Å². The summed E-state index contributed by atoms with van der Waals surface area (Å²) in [7, 11) is 0. The van der Waals surface area contributed by atoms with Crippen LogP contribution in [0.2, 0.25) is 0 Å². The minimum absolute atomic E-state index is 0.287. The zero-order chi connectivity index (χ0) is 24.4. The second-order valence-electron chi connectivity index (χ2n) is 7.85. The molecule has 0 bridgehead atoms. The number of aromatic nitrogens is 4.